The molecule has 0 spiro atoms. The van der Waals surface area contributed by atoms with Crippen molar-refractivity contribution in [3.63, 3.8) is 0 Å². The number of amides is 1. The van der Waals surface area contributed by atoms with Gasteiger partial charge >= 0.3 is 5.69 Å². The second-order valence-corrected chi connectivity index (χ2v) is 7.24. The van der Waals surface area contributed by atoms with Crippen molar-refractivity contribution in [3.05, 3.63) is 62.4 Å². The Balaban J connectivity index is 1.62. The molecule has 1 aromatic carbocycles. The zero-order valence-electron chi connectivity index (χ0n) is 16.7. The highest BCUT2D eigenvalue weighted by Gasteiger charge is 2.39. The molecule has 10 heteroatoms. The number of hydrogen-bond donors (Lipinski definition) is 4. The summed E-state index contributed by atoms with van der Waals surface area (Å²) >= 11 is 0. The van der Waals surface area contributed by atoms with Crippen LogP contribution in [-0.4, -0.2) is 63.7 Å². The molecule has 30 heavy (non-hydrogen) atoms. The molecule has 10 nitrogen and oxygen atoms in total. The van der Waals surface area contributed by atoms with Gasteiger partial charge in [0.2, 0.25) is 5.91 Å². The molecule has 4 N–H and O–H groups in total. The zero-order valence-corrected chi connectivity index (χ0v) is 16.7. The largest absolute Gasteiger partial charge is 0.496 e. The molecular weight excluding hydrogens is 394 g/mol. The van der Waals surface area contributed by atoms with Gasteiger partial charge < -0.3 is 25.0 Å². The summed E-state index contributed by atoms with van der Waals surface area (Å²) in [7, 11) is 1.52. The number of aromatic nitrogens is 2. The van der Waals surface area contributed by atoms with Crippen LogP contribution in [0.1, 0.15) is 11.1 Å². The maximum absolute atomic E-state index is 12.4. The number of para-hydroxylation sites is 1. The van der Waals surface area contributed by atoms with E-state index in [1.54, 1.807) is 31.2 Å². The first-order chi connectivity index (χ1) is 14.3. The van der Waals surface area contributed by atoms with Crippen LogP contribution in [0.15, 0.2) is 40.1 Å². The van der Waals surface area contributed by atoms with Gasteiger partial charge in [0, 0.05) is 17.3 Å². The fourth-order valence-electron chi connectivity index (χ4n) is 3.40. The van der Waals surface area contributed by atoms with E-state index >= 15 is 0 Å². The van der Waals surface area contributed by atoms with E-state index in [9.17, 15) is 24.6 Å². The molecule has 162 valence electrons. The smallest absolute Gasteiger partial charge is 0.328 e. The lowest BCUT2D eigenvalue weighted by Gasteiger charge is -2.38. The maximum atomic E-state index is 12.4. The van der Waals surface area contributed by atoms with Gasteiger partial charge in [0.25, 0.3) is 5.56 Å². The average molecular weight is 419 g/mol. The number of aliphatic hydroxyl groups excluding tert-OH is 2. The summed E-state index contributed by atoms with van der Waals surface area (Å²) in [6.07, 6.45) is -2.10. The molecule has 2 heterocycles. The Morgan fingerprint density at radius 1 is 1.30 bits per heavy atom. The van der Waals surface area contributed by atoms with E-state index in [1.807, 2.05) is 0 Å². The highest BCUT2D eigenvalue weighted by atomic mass is 16.5. The van der Waals surface area contributed by atoms with Crippen molar-refractivity contribution in [3.8, 4) is 5.75 Å². The third-order valence-electron chi connectivity index (χ3n) is 5.09. The van der Waals surface area contributed by atoms with Crippen LogP contribution in [-0.2, 0) is 22.5 Å². The summed E-state index contributed by atoms with van der Waals surface area (Å²) in [5.41, 5.74) is -0.0979. The van der Waals surface area contributed by atoms with Crippen molar-refractivity contribution in [1.29, 1.82) is 0 Å². The lowest BCUT2D eigenvalue weighted by molar-refractivity contribution is -0.158. The second-order valence-electron chi connectivity index (χ2n) is 7.24. The summed E-state index contributed by atoms with van der Waals surface area (Å²) < 4.78 is 12.0. The molecule has 1 fully saturated rings. The molecule has 0 unspecified atom stereocenters. The summed E-state index contributed by atoms with van der Waals surface area (Å²) in [6, 6.07) is 6.28. The minimum atomic E-state index is -1.34. The SMILES string of the molecule is COc1ccccc1CC(=O)N[C@@H]1CO[C@H](Cn2cc(C)c(=O)[nH]c2=O)[C@@H](O)[C@H]1O. The summed E-state index contributed by atoms with van der Waals surface area (Å²) in [5.74, 6) is 0.222. The normalized spacial score (nSPS) is 23.7. The molecule has 3 rings (SSSR count). The van der Waals surface area contributed by atoms with E-state index in [0.29, 0.717) is 16.9 Å². The number of aliphatic hydroxyl groups is 2. The van der Waals surface area contributed by atoms with Gasteiger partial charge in [-0.05, 0) is 13.0 Å². The fourth-order valence-corrected chi connectivity index (χ4v) is 3.40. The van der Waals surface area contributed by atoms with E-state index in [4.69, 9.17) is 9.47 Å². The first-order valence-electron chi connectivity index (χ1n) is 9.49. The van der Waals surface area contributed by atoms with Crippen LogP contribution in [0, 0.1) is 6.92 Å². The molecule has 0 saturated carbocycles. The van der Waals surface area contributed by atoms with Crippen LogP contribution in [0.5, 0.6) is 5.75 Å². The molecule has 2 aromatic rings. The molecule has 1 amide bonds. The Kier molecular flexibility index (Phi) is 6.70. The maximum Gasteiger partial charge on any atom is 0.328 e. The van der Waals surface area contributed by atoms with Gasteiger partial charge in [-0.3, -0.25) is 19.1 Å². The number of aryl methyl sites for hydroxylation is 1. The number of H-pyrrole nitrogens is 1. The predicted molar refractivity (Wildman–Crippen MR) is 106 cm³/mol. The second kappa shape index (κ2) is 9.24. The average Bonchev–Trinajstić information content (AvgIpc) is 2.72. The molecule has 4 atom stereocenters. The van der Waals surface area contributed by atoms with Crippen LogP contribution in [0.2, 0.25) is 0 Å². The van der Waals surface area contributed by atoms with Crippen LogP contribution in [0.3, 0.4) is 0 Å². The van der Waals surface area contributed by atoms with Crippen LogP contribution in [0.25, 0.3) is 0 Å². The Labute approximate surface area is 172 Å². The molecular formula is C20H25N3O7. The monoisotopic (exact) mass is 419 g/mol. The number of methoxy groups -OCH3 is 1. The minimum Gasteiger partial charge on any atom is -0.496 e. The summed E-state index contributed by atoms with van der Waals surface area (Å²) in [4.78, 5) is 38.0. The molecule has 1 aliphatic heterocycles. The highest BCUT2D eigenvalue weighted by molar-refractivity contribution is 5.79. The lowest BCUT2D eigenvalue weighted by Crippen LogP contribution is -2.60. The van der Waals surface area contributed by atoms with Crippen LogP contribution < -0.4 is 21.3 Å². The molecule has 0 aliphatic carbocycles. The quantitative estimate of drug-likeness (QED) is 0.456. The van der Waals surface area contributed by atoms with E-state index in [2.05, 4.69) is 10.3 Å². The number of rotatable bonds is 6. The number of nitrogens with zero attached hydrogens (tertiary/aromatic N) is 1. The van der Waals surface area contributed by atoms with Crippen molar-refractivity contribution < 1.29 is 24.5 Å². The van der Waals surface area contributed by atoms with Crippen LogP contribution >= 0.6 is 0 Å². The number of hydrogen-bond acceptors (Lipinski definition) is 7. The Morgan fingerprint density at radius 3 is 2.77 bits per heavy atom. The van der Waals surface area contributed by atoms with Gasteiger partial charge in [-0.15, -0.1) is 0 Å². The van der Waals surface area contributed by atoms with Gasteiger partial charge in [0.1, 0.15) is 24.1 Å². The van der Waals surface area contributed by atoms with Crippen molar-refractivity contribution in [2.75, 3.05) is 13.7 Å². The standard InChI is InChI=1S/C20H25N3O7/c1-11-8-23(20(28)22-19(11)27)9-15-18(26)17(25)13(10-30-15)21-16(24)7-12-5-3-4-6-14(12)29-2/h3-6,8,13,15,17-18,25-26H,7,9-10H2,1-2H3,(H,21,24)(H,22,27,28)/t13-,15-,17+,18-/m1/s1. The van der Waals surface area contributed by atoms with Crippen molar-refractivity contribution in [1.82, 2.24) is 14.9 Å². The van der Waals surface area contributed by atoms with E-state index < -0.39 is 35.6 Å². The fraction of sp³-hybridized carbons (Fsp3) is 0.450. The number of aromatic amines is 1. The van der Waals surface area contributed by atoms with Gasteiger partial charge in [0.05, 0.1) is 32.7 Å². The Bertz CT molecular complexity index is 1020. The van der Waals surface area contributed by atoms with E-state index in [0.717, 1.165) is 0 Å². The highest BCUT2D eigenvalue weighted by Crippen LogP contribution is 2.19. The molecule has 1 aromatic heterocycles. The number of carbonyl (C=O) groups excluding carboxylic acids is 1. The number of carbonyl (C=O) groups is 1. The number of ether oxygens (including phenoxy) is 2. The lowest BCUT2D eigenvalue weighted by atomic mass is 9.97. The number of benzene rings is 1. The van der Waals surface area contributed by atoms with E-state index in [1.165, 1.54) is 17.9 Å². The third kappa shape index (κ3) is 4.78. The Hall–Kier alpha value is -2.95. The van der Waals surface area contributed by atoms with Crippen molar-refractivity contribution in [2.24, 2.45) is 0 Å². The Morgan fingerprint density at radius 2 is 2.03 bits per heavy atom. The van der Waals surface area contributed by atoms with Gasteiger partial charge in [-0.25, -0.2) is 4.79 Å². The predicted octanol–water partition coefficient (Wildman–Crippen LogP) is -1.30. The van der Waals surface area contributed by atoms with E-state index in [-0.39, 0.29) is 25.5 Å². The summed E-state index contributed by atoms with van der Waals surface area (Å²) in [5, 5.41) is 23.6. The third-order valence-corrected chi connectivity index (χ3v) is 5.09. The number of nitrogens with one attached hydrogen (secondary N) is 2. The molecule has 1 saturated heterocycles. The topological polar surface area (TPSA) is 143 Å². The van der Waals surface area contributed by atoms with Crippen molar-refractivity contribution in [2.45, 2.75) is 44.2 Å². The van der Waals surface area contributed by atoms with Gasteiger partial charge in [-0.2, -0.15) is 0 Å². The molecule has 1 aliphatic rings. The van der Waals surface area contributed by atoms with Crippen molar-refractivity contribution >= 4 is 5.91 Å². The first kappa shape index (κ1) is 21.8. The minimum absolute atomic E-state index is 0.0405. The molecule has 0 radical (unpaired) electrons. The first-order valence-corrected chi connectivity index (χ1v) is 9.49. The van der Waals surface area contributed by atoms with Crippen LogP contribution in [0.4, 0.5) is 0 Å². The molecule has 0 bridgehead atoms. The zero-order chi connectivity index (χ0) is 21.8. The van der Waals surface area contributed by atoms with Gasteiger partial charge in [0.15, 0.2) is 0 Å². The van der Waals surface area contributed by atoms with Gasteiger partial charge in [-0.1, -0.05) is 18.2 Å². The summed E-state index contributed by atoms with van der Waals surface area (Å²) in [6.45, 7) is 1.45.